The molecule has 0 bridgehead atoms. The Balaban J connectivity index is 2.99. The van der Waals surface area contributed by atoms with Crippen molar-refractivity contribution in [3.63, 3.8) is 0 Å². The lowest BCUT2D eigenvalue weighted by molar-refractivity contribution is 0.195. The van der Waals surface area contributed by atoms with Gasteiger partial charge >= 0.3 is 0 Å². The number of nitrogens with zero attached hydrogens (tertiary/aromatic N) is 1. The van der Waals surface area contributed by atoms with Crippen LogP contribution in [0.4, 0.5) is 0 Å². The van der Waals surface area contributed by atoms with E-state index < -0.39 is 0 Å². The van der Waals surface area contributed by atoms with E-state index in [9.17, 15) is 5.11 Å². The van der Waals surface area contributed by atoms with Gasteiger partial charge in [0.2, 0.25) is 0 Å². The summed E-state index contributed by atoms with van der Waals surface area (Å²) in [5.74, 6) is 0. The fraction of sp³-hybridized carbons (Fsp3) is 0.300. The molecule has 13 heavy (non-hydrogen) atoms. The average molecular weight is 240 g/mol. The van der Waals surface area contributed by atoms with Crippen LogP contribution >= 0.6 is 15.9 Å². The van der Waals surface area contributed by atoms with Gasteiger partial charge < -0.3 is 5.11 Å². The number of aliphatic hydroxyl groups excluding tert-OH is 1. The lowest BCUT2D eigenvalue weighted by Crippen LogP contribution is -2.04. The Morgan fingerprint density at radius 1 is 1.62 bits per heavy atom. The second kappa shape index (κ2) is 4.40. The summed E-state index contributed by atoms with van der Waals surface area (Å²) in [6.07, 6.45) is 0.182. The number of hydrogen-bond acceptors (Lipinski definition) is 2. The van der Waals surface area contributed by atoms with Crippen molar-refractivity contribution < 1.29 is 5.11 Å². The van der Waals surface area contributed by atoms with Gasteiger partial charge in [-0.15, -0.1) is 0 Å². The Morgan fingerprint density at radius 3 is 2.85 bits per heavy atom. The monoisotopic (exact) mass is 239 g/mol. The van der Waals surface area contributed by atoms with Crippen LogP contribution in [-0.4, -0.2) is 11.2 Å². The molecule has 1 rings (SSSR count). The van der Waals surface area contributed by atoms with Crippen molar-refractivity contribution in [3.05, 3.63) is 33.8 Å². The number of benzene rings is 1. The summed E-state index contributed by atoms with van der Waals surface area (Å²) >= 11 is 3.37. The van der Waals surface area contributed by atoms with Gasteiger partial charge in [-0.05, 0) is 37.1 Å². The minimum Gasteiger partial charge on any atom is -0.393 e. The van der Waals surface area contributed by atoms with Crippen LogP contribution in [0.5, 0.6) is 0 Å². The molecule has 0 saturated heterocycles. The standard InChI is InChI=1S/C10H10BrNO/c1-7(13)4-9-5-8(6-12)2-3-10(9)11/h2-3,5,7,13H,4H2,1H3/t7-/m1/s1. The molecule has 0 saturated carbocycles. The average Bonchev–Trinajstić information content (AvgIpc) is 2.08. The number of hydrogen-bond donors (Lipinski definition) is 1. The van der Waals surface area contributed by atoms with Gasteiger partial charge in [-0.3, -0.25) is 0 Å². The van der Waals surface area contributed by atoms with Crippen LogP contribution in [0.3, 0.4) is 0 Å². The molecule has 0 heterocycles. The first-order valence-corrected chi connectivity index (χ1v) is 4.79. The van der Waals surface area contributed by atoms with E-state index in [0.29, 0.717) is 12.0 Å². The highest BCUT2D eigenvalue weighted by Crippen LogP contribution is 2.19. The topological polar surface area (TPSA) is 44.0 Å². The van der Waals surface area contributed by atoms with Crippen molar-refractivity contribution >= 4 is 15.9 Å². The molecule has 0 radical (unpaired) electrons. The highest BCUT2D eigenvalue weighted by atomic mass is 79.9. The van der Waals surface area contributed by atoms with E-state index in [0.717, 1.165) is 10.0 Å². The van der Waals surface area contributed by atoms with E-state index in [1.165, 1.54) is 0 Å². The third kappa shape index (κ3) is 2.83. The number of aliphatic hydroxyl groups is 1. The molecule has 1 aromatic rings. The van der Waals surface area contributed by atoms with Crippen molar-refractivity contribution in [1.82, 2.24) is 0 Å². The molecule has 1 aromatic carbocycles. The summed E-state index contributed by atoms with van der Waals surface area (Å²) in [5, 5.41) is 17.8. The predicted molar refractivity (Wildman–Crippen MR) is 54.2 cm³/mol. The first kappa shape index (κ1) is 10.2. The Kier molecular flexibility index (Phi) is 3.47. The molecule has 0 aliphatic rings. The zero-order chi connectivity index (χ0) is 9.84. The fourth-order valence-corrected chi connectivity index (χ4v) is 1.53. The van der Waals surface area contributed by atoms with Crippen molar-refractivity contribution in [2.24, 2.45) is 0 Å². The van der Waals surface area contributed by atoms with Gasteiger partial charge in [0.05, 0.1) is 17.7 Å². The van der Waals surface area contributed by atoms with Crippen LogP contribution in [0.2, 0.25) is 0 Å². The summed E-state index contributed by atoms with van der Waals surface area (Å²) in [5.41, 5.74) is 1.59. The number of rotatable bonds is 2. The van der Waals surface area contributed by atoms with Gasteiger partial charge in [0.25, 0.3) is 0 Å². The van der Waals surface area contributed by atoms with Gasteiger partial charge in [-0.1, -0.05) is 15.9 Å². The molecule has 2 nitrogen and oxygen atoms in total. The summed E-state index contributed by atoms with van der Waals surface area (Å²) < 4.78 is 0.937. The van der Waals surface area contributed by atoms with Crippen molar-refractivity contribution in [1.29, 1.82) is 5.26 Å². The predicted octanol–water partition coefficient (Wildman–Crippen LogP) is 2.24. The van der Waals surface area contributed by atoms with Crippen molar-refractivity contribution in [3.8, 4) is 6.07 Å². The van der Waals surface area contributed by atoms with Gasteiger partial charge in [-0.2, -0.15) is 5.26 Å². The number of nitriles is 1. The number of halogens is 1. The van der Waals surface area contributed by atoms with Crippen LogP contribution in [0, 0.1) is 11.3 Å². The third-order valence-corrected chi connectivity index (χ3v) is 2.46. The van der Waals surface area contributed by atoms with E-state index in [-0.39, 0.29) is 6.10 Å². The largest absolute Gasteiger partial charge is 0.393 e. The lowest BCUT2D eigenvalue weighted by Gasteiger charge is -2.06. The van der Waals surface area contributed by atoms with Crippen LogP contribution in [0.15, 0.2) is 22.7 Å². The Morgan fingerprint density at radius 2 is 2.31 bits per heavy atom. The zero-order valence-corrected chi connectivity index (χ0v) is 8.87. The minimum absolute atomic E-state index is 0.384. The van der Waals surface area contributed by atoms with E-state index in [4.69, 9.17) is 5.26 Å². The summed E-state index contributed by atoms with van der Waals surface area (Å²) in [7, 11) is 0. The molecule has 1 N–H and O–H groups in total. The Hall–Kier alpha value is -0.850. The highest BCUT2D eigenvalue weighted by Gasteiger charge is 2.04. The molecule has 1 atom stereocenters. The smallest absolute Gasteiger partial charge is 0.0991 e. The van der Waals surface area contributed by atoms with E-state index in [1.807, 2.05) is 6.07 Å². The Labute approximate surface area is 85.9 Å². The first-order chi connectivity index (χ1) is 6.13. The molecule has 0 unspecified atom stereocenters. The maximum absolute atomic E-state index is 9.19. The van der Waals surface area contributed by atoms with E-state index in [2.05, 4.69) is 22.0 Å². The van der Waals surface area contributed by atoms with Crippen LogP contribution in [-0.2, 0) is 6.42 Å². The van der Waals surface area contributed by atoms with Crippen molar-refractivity contribution in [2.45, 2.75) is 19.4 Å². The Bertz CT molecular complexity index is 341. The maximum atomic E-state index is 9.19. The second-order valence-corrected chi connectivity index (χ2v) is 3.83. The van der Waals surface area contributed by atoms with Gasteiger partial charge in [0.1, 0.15) is 0 Å². The van der Waals surface area contributed by atoms with E-state index in [1.54, 1.807) is 19.1 Å². The quantitative estimate of drug-likeness (QED) is 0.861. The maximum Gasteiger partial charge on any atom is 0.0991 e. The summed E-state index contributed by atoms with van der Waals surface area (Å²) in [6, 6.07) is 7.43. The second-order valence-electron chi connectivity index (χ2n) is 2.97. The first-order valence-electron chi connectivity index (χ1n) is 4.00. The SMILES string of the molecule is C[C@@H](O)Cc1cc(C#N)ccc1Br. The molecule has 0 fully saturated rings. The van der Waals surface area contributed by atoms with Crippen LogP contribution in [0.1, 0.15) is 18.1 Å². The third-order valence-electron chi connectivity index (χ3n) is 1.69. The molecular formula is C10H10BrNO. The van der Waals surface area contributed by atoms with Gasteiger partial charge in [-0.25, -0.2) is 0 Å². The van der Waals surface area contributed by atoms with E-state index >= 15 is 0 Å². The normalized spacial score (nSPS) is 12.2. The minimum atomic E-state index is -0.384. The fourth-order valence-electron chi connectivity index (χ4n) is 1.12. The summed E-state index contributed by atoms with van der Waals surface area (Å²) in [4.78, 5) is 0. The molecule has 68 valence electrons. The van der Waals surface area contributed by atoms with Gasteiger partial charge in [0.15, 0.2) is 0 Å². The molecule has 0 aromatic heterocycles. The van der Waals surface area contributed by atoms with Crippen LogP contribution in [0.25, 0.3) is 0 Å². The van der Waals surface area contributed by atoms with Crippen molar-refractivity contribution in [2.75, 3.05) is 0 Å². The molecule has 0 spiro atoms. The molecule has 0 aliphatic carbocycles. The molecule has 0 amide bonds. The zero-order valence-electron chi connectivity index (χ0n) is 7.29. The van der Waals surface area contributed by atoms with Crippen LogP contribution < -0.4 is 0 Å². The molecule has 0 aliphatic heterocycles. The van der Waals surface area contributed by atoms with Gasteiger partial charge in [0, 0.05) is 4.47 Å². The molecular weight excluding hydrogens is 230 g/mol. The summed E-state index contributed by atoms with van der Waals surface area (Å²) in [6.45, 7) is 1.73. The lowest BCUT2D eigenvalue weighted by atomic mass is 10.1. The highest BCUT2D eigenvalue weighted by molar-refractivity contribution is 9.10. The molecule has 3 heteroatoms.